The normalized spacial score (nSPS) is 17.7. The lowest BCUT2D eigenvalue weighted by molar-refractivity contribution is 0.383. The third-order valence-corrected chi connectivity index (χ3v) is 19.0. The summed E-state index contributed by atoms with van der Waals surface area (Å²) in [5.74, 6) is 3.85. The summed E-state index contributed by atoms with van der Waals surface area (Å²) in [6.45, 7) is 21.8. The highest BCUT2D eigenvalue weighted by Crippen LogP contribution is 2.49. The summed E-state index contributed by atoms with van der Waals surface area (Å²) in [6, 6.07) is 80.0. The predicted molar refractivity (Wildman–Crippen MR) is 402 cm³/mol. The van der Waals surface area contributed by atoms with Gasteiger partial charge in [-0.05, 0) is 188 Å². The van der Waals surface area contributed by atoms with Crippen LogP contribution in [0.1, 0.15) is 62.4 Å². The first-order valence-corrected chi connectivity index (χ1v) is 33.2. The summed E-state index contributed by atoms with van der Waals surface area (Å²) in [7, 11) is 6.37. The molecule has 5 unspecified atom stereocenters. The number of nitrogens with zero attached hydrogens (tertiary/aromatic N) is 14. The highest BCUT2D eigenvalue weighted by Gasteiger charge is 2.39. The number of benzene rings is 8. The van der Waals surface area contributed by atoms with Gasteiger partial charge < -0.3 is 49.0 Å². The molecule has 0 aliphatic carbocycles. The molecule has 0 bridgehead atoms. The van der Waals surface area contributed by atoms with Gasteiger partial charge in [-0.1, -0.05) is 140 Å². The monoisotopic (exact) mass is 1270 g/mol. The Morgan fingerprint density at radius 3 is 1.01 bits per heavy atom. The number of aromatic nitrogens is 4. The van der Waals surface area contributed by atoms with Gasteiger partial charge in [-0.25, -0.2) is 19.9 Å². The van der Waals surface area contributed by atoms with Gasteiger partial charge in [0, 0.05) is 98.1 Å². The summed E-state index contributed by atoms with van der Waals surface area (Å²) < 4.78 is 0. The molecule has 3 aromatic heterocycles. The number of rotatable bonds is 7. The second kappa shape index (κ2) is 28.6. The lowest BCUT2D eigenvalue weighted by atomic mass is 10.1. The molecule has 5 aliphatic rings. The minimum atomic E-state index is 0.107. The zero-order valence-corrected chi connectivity index (χ0v) is 57.6. The zero-order chi connectivity index (χ0) is 67.1. The maximum Gasteiger partial charge on any atom is 0.178 e. The maximum absolute atomic E-state index is 4.66. The molecule has 0 amide bonds. The highest BCUT2D eigenvalue weighted by atomic mass is 15.5. The lowest BCUT2D eigenvalue weighted by Crippen LogP contribution is -2.36. The largest absolute Gasteiger partial charge is 0.359 e. The molecule has 16 rings (SSSR count). The van der Waals surface area contributed by atoms with Crippen molar-refractivity contribution in [3.63, 3.8) is 0 Å². The van der Waals surface area contributed by atoms with Crippen LogP contribution in [-0.2, 0) is 0 Å². The number of hydrogen-bond donors (Lipinski definition) is 0. The van der Waals surface area contributed by atoms with E-state index in [1.807, 2.05) is 36.7 Å². The van der Waals surface area contributed by atoms with Crippen molar-refractivity contribution in [2.75, 3.05) is 65.2 Å². The Bertz CT molecular complexity index is 4220. The second-order valence-corrected chi connectivity index (χ2v) is 25.0. The van der Waals surface area contributed by atoms with Gasteiger partial charge >= 0.3 is 0 Å². The Morgan fingerprint density at radius 1 is 0.240 bits per heavy atom. The van der Waals surface area contributed by atoms with Gasteiger partial charge in [0.05, 0.1) is 22.7 Å². The molecule has 0 fully saturated rings. The fourth-order valence-corrected chi connectivity index (χ4v) is 13.6. The van der Waals surface area contributed by atoms with Crippen LogP contribution >= 0.6 is 0 Å². The molecular weight excluding hydrogens is 1180 g/mol. The van der Waals surface area contributed by atoms with Crippen LogP contribution in [-0.4, -0.2) is 76.8 Å². The molecule has 0 N–H and O–H groups in total. The Kier molecular flexibility index (Phi) is 19.4. The van der Waals surface area contributed by atoms with Crippen LogP contribution in [0.15, 0.2) is 268 Å². The number of hydrogen-bond acceptors (Lipinski definition) is 14. The predicted octanol–water partition coefficient (Wildman–Crippen LogP) is 19.3. The molecule has 0 radical (unpaired) electrons. The fraction of sp³-hybridized carbons (Fsp3) is 0.220. The average molecular weight is 1270 g/mol. The van der Waals surface area contributed by atoms with Crippen LogP contribution in [0.25, 0.3) is 0 Å². The Balaban J connectivity index is 0.000000116. The molecule has 8 heterocycles. The van der Waals surface area contributed by atoms with Crippen molar-refractivity contribution in [1.29, 1.82) is 0 Å². The molecule has 96 heavy (non-hydrogen) atoms. The van der Waals surface area contributed by atoms with Crippen molar-refractivity contribution in [1.82, 2.24) is 24.8 Å². The summed E-state index contributed by atoms with van der Waals surface area (Å²) in [5.41, 5.74) is 19.8. The van der Waals surface area contributed by atoms with Crippen molar-refractivity contribution in [2.45, 2.75) is 100 Å². The average Bonchev–Trinajstić information content (AvgIpc) is 1.66. The third-order valence-electron chi connectivity index (χ3n) is 19.0. The van der Waals surface area contributed by atoms with E-state index < -0.39 is 0 Å². The molecule has 0 saturated heterocycles. The fourth-order valence-electron chi connectivity index (χ4n) is 13.6. The van der Waals surface area contributed by atoms with E-state index in [2.05, 4.69) is 378 Å². The van der Waals surface area contributed by atoms with E-state index in [1.165, 1.54) is 73.3 Å². The Morgan fingerprint density at radius 2 is 0.552 bits per heavy atom. The van der Waals surface area contributed by atoms with Crippen molar-refractivity contribution < 1.29 is 0 Å². The number of anilines is 15. The molecule has 11 aromatic rings. The van der Waals surface area contributed by atoms with Gasteiger partial charge in [0.2, 0.25) is 0 Å². The molecule has 14 heteroatoms. The number of aryl methyl sites for hydroxylation is 5. The van der Waals surface area contributed by atoms with E-state index in [-0.39, 0.29) is 18.5 Å². The van der Waals surface area contributed by atoms with Crippen LogP contribution in [0.4, 0.5) is 85.8 Å². The van der Waals surface area contributed by atoms with E-state index in [0.29, 0.717) is 12.3 Å². The van der Waals surface area contributed by atoms with Gasteiger partial charge in [-0.15, -0.1) is 0 Å². The highest BCUT2D eigenvalue weighted by molar-refractivity contribution is 5.88. The first-order chi connectivity index (χ1) is 46.6. The van der Waals surface area contributed by atoms with Gasteiger partial charge in [0.1, 0.15) is 30.8 Å². The van der Waals surface area contributed by atoms with Crippen molar-refractivity contribution in [2.24, 2.45) is 0 Å². The molecule has 5 aliphatic heterocycles. The maximum atomic E-state index is 4.66. The minimum absolute atomic E-state index is 0.107. The molecule has 0 saturated carbocycles. The van der Waals surface area contributed by atoms with Gasteiger partial charge in [-0.3, -0.25) is 0 Å². The molecule has 0 spiro atoms. The van der Waals surface area contributed by atoms with Crippen molar-refractivity contribution in [3.05, 3.63) is 296 Å². The van der Waals surface area contributed by atoms with E-state index in [4.69, 9.17) is 0 Å². The van der Waals surface area contributed by atoms with Crippen molar-refractivity contribution >= 4 is 85.8 Å². The topological polar surface area (TPSA) is 84.0 Å². The number of para-hydroxylation sites is 9. The van der Waals surface area contributed by atoms with E-state index in [0.717, 1.165) is 40.3 Å². The number of pyridine rings is 2. The quantitative estimate of drug-likeness (QED) is 0.152. The van der Waals surface area contributed by atoms with Gasteiger partial charge in [0.25, 0.3) is 0 Å². The summed E-state index contributed by atoms with van der Waals surface area (Å²) in [6.07, 6.45) is 12.8. The minimum Gasteiger partial charge on any atom is -0.359 e. The summed E-state index contributed by atoms with van der Waals surface area (Å²) in [4.78, 5) is 41.3. The van der Waals surface area contributed by atoms with Gasteiger partial charge in [0.15, 0.2) is 23.3 Å². The molecule has 486 valence electrons. The Labute approximate surface area is 568 Å². The van der Waals surface area contributed by atoms with Crippen LogP contribution in [0, 0.1) is 34.6 Å². The van der Waals surface area contributed by atoms with Crippen LogP contribution in [0.5, 0.6) is 0 Å². The molecule has 14 nitrogen and oxygen atoms in total. The number of fused-ring (bicyclic) bond motifs is 4. The van der Waals surface area contributed by atoms with Crippen LogP contribution in [0.3, 0.4) is 0 Å². The standard InChI is InChI=1S/C20H19N3.C19H18N4.C16H18N2.C15H17N3.C12H16N2/c1-15-9-6-7-12-18(15)23-16(2)22(17-10-4-3-5-11-17)20-19(23)13-8-14-21-20;1-14-8-6-7-11-17(14)23-15(2)22(16-9-4-3-5-10-16)18-19(23)21-13-12-20-18;1-12-8-4-5-9-14(12)18-13(2)17(3)15-10-6-7-11-16(15)18;1-11-7-4-5-8-13(11)18-12(2)17(3)14-9-6-10-16-15(14)18;1-10-6-4-5-7-12(10)14-9-8-13(3)11(14)2/h3-14,16H,1-2H3;3-13,15H,1-2H3;4-11,13H,1-3H3;4-10,12H,1-3H3;4-9,11H,1-3H3. The first kappa shape index (κ1) is 65.0. The van der Waals surface area contributed by atoms with E-state index in [9.17, 15) is 0 Å². The van der Waals surface area contributed by atoms with Crippen LogP contribution in [0.2, 0.25) is 0 Å². The third kappa shape index (κ3) is 12.7. The lowest BCUT2D eigenvalue weighted by Gasteiger charge is -2.30. The molecular formula is C82H88N14. The van der Waals surface area contributed by atoms with Crippen molar-refractivity contribution in [3.8, 4) is 0 Å². The van der Waals surface area contributed by atoms with Gasteiger partial charge in [-0.2, -0.15) is 0 Å². The SMILES string of the molecule is Cc1ccccc1N1C=CN(C)C1C.Cc1ccccc1N1c2ccccc2N(C)C1C.Cc1ccccc1N1c2cccnc2N(c2ccccc2)C1C.Cc1ccccc1N1c2ncccc2N(C)C1C.Cc1ccccc1N1c2nccnc2N(c2ccccc2)C1C. The van der Waals surface area contributed by atoms with E-state index in [1.54, 1.807) is 12.4 Å². The Hall–Kier alpha value is -11.1. The van der Waals surface area contributed by atoms with E-state index >= 15 is 0 Å². The smallest absolute Gasteiger partial charge is 0.178 e. The first-order valence-electron chi connectivity index (χ1n) is 33.2. The zero-order valence-electron chi connectivity index (χ0n) is 57.6. The molecule has 8 aromatic carbocycles. The second-order valence-electron chi connectivity index (χ2n) is 25.0. The van der Waals surface area contributed by atoms with Crippen LogP contribution < -0.4 is 44.1 Å². The molecule has 5 atom stereocenters. The summed E-state index contributed by atoms with van der Waals surface area (Å²) >= 11 is 0. The summed E-state index contributed by atoms with van der Waals surface area (Å²) in [5, 5.41) is 0.